The summed E-state index contributed by atoms with van der Waals surface area (Å²) in [4.78, 5) is 25.0. The van der Waals surface area contributed by atoms with Crippen LogP contribution in [0.3, 0.4) is 0 Å². The maximum atomic E-state index is 12.6. The Hall–Kier alpha value is -2.11. The first-order valence-corrected chi connectivity index (χ1v) is 10.1. The van der Waals surface area contributed by atoms with Gasteiger partial charge in [0.2, 0.25) is 5.28 Å². The Morgan fingerprint density at radius 2 is 2.14 bits per heavy atom. The molecule has 1 saturated heterocycles. The lowest BCUT2D eigenvalue weighted by Gasteiger charge is -2.41. The van der Waals surface area contributed by atoms with Crippen LogP contribution in [0.25, 0.3) is 10.9 Å². The molecule has 0 saturated carbocycles. The first-order chi connectivity index (χ1) is 13.2. The highest BCUT2D eigenvalue weighted by Crippen LogP contribution is 2.30. The third-order valence-corrected chi connectivity index (χ3v) is 5.01. The number of halogens is 2. The van der Waals surface area contributed by atoms with E-state index in [0.717, 1.165) is 15.4 Å². The average molecular weight is 467 g/mol. The number of amides is 1. The number of nitriles is 1. The van der Waals surface area contributed by atoms with Crippen molar-refractivity contribution >= 4 is 50.3 Å². The van der Waals surface area contributed by atoms with E-state index in [1.165, 1.54) is 0 Å². The van der Waals surface area contributed by atoms with Crippen LogP contribution >= 0.6 is 27.5 Å². The van der Waals surface area contributed by atoms with Gasteiger partial charge in [-0.05, 0) is 50.6 Å². The predicted octanol–water partition coefficient (Wildman–Crippen LogP) is 4.39. The molecule has 148 valence electrons. The van der Waals surface area contributed by atoms with Gasteiger partial charge in [-0.25, -0.2) is 9.78 Å². The molecule has 3 rings (SSSR count). The SMILES string of the molecule is CC(C)(C)OC(=O)N1CCN(c2nc(Cl)nc3cc(Br)ccc23)CC1CC#N. The van der Waals surface area contributed by atoms with Gasteiger partial charge in [-0.15, -0.1) is 0 Å². The van der Waals surface area contributed by atoms with Crippen molar-refractivity contribution in [3.05, 3.63) is 28.0 Å². The van der Waals surface area contributed by atoms with Gasteiger partial charge in [0.1, 0.15) is 11.4 Å². The Bertz CT molecular complexity index is 935. The molecule has 2 heterocycles. The summed E-state index contributed by atoms with van der Waals surface area (Å²) in [5.41, 5.74) is 0.144. The minimum atomic E-state index is -0.588. The van der Waals surface area contributed by atoms with Crippen LogP contribution < -0.4 is 4.90 Å². The Balaban J connectivity index is 1.89. The Morgan fingerprint density at radius 3 is 2.82 bits per heavy atom. The fourth-order valence-electron chi connectivity index (χ4n) is 3.19. The summed E-state index contributed by atoms with van der Waals surface area (Å²) in [5.74, 6) is 0.703. The van der Waals surface area contributed by atoms with Gasteiger partial charge < -0.3 is 14.5 Å². The second kappa shape index (κ2) is 8.10. The van der Waals surface area contributed by atoms with E-state index in [1.807, 2.05) is 43.9 Å². The van der Waals surface area contributed by atoms with Crippen LogP contribution in [0.4, 0.5) is 10.6 Å². The number of hydrogen-bond acceptors (Lipinski definition) is 6. The first-order valence-electron chi connectivity index (χ1n) is 8.92. The van der Waals surface area contributed by atoms with Crippen molar-refractivity contribution in [1.82, 2.24) is 14.9 Å². The van der Waals surface area contributed by atoms with Gasteiger partial charge in [-0.3, -0.25) is 0 Å². The lowest BCUT2D eigenvalue weighted by molar-refractivity contribution is 0.0145. The number of nitrogens with zero attached hydrogens (tertiary/aromatic N) is 5. The van der Waals surface area contributed by atoms with Crippen LogP contribution in [0, 0.1) is 11.3 Å². The van der Waals surface area contributed by atoms with Crippen LogP contribution in [0.15, 0.2) is 22.7 Å². The van der Waals surface area contributed by atoms with Crippen molar-refractivity contribution in [3.8, 4) is 6.07 Å². The van der Waals surface area contributed by atoms with Crippen molar-refractivity contribution < 1.29 is 9.53 Å². The molecule has 0 aliphatic carbocycles. The number of ether oxygens (including phenoxy) is 1. The highest BCUT2D eigenvalue weighted by Gasteiger charge is 2.34. The lowest BCUT2D eigenvalue weighted by atomic mass is 10.1. The van der Waals surface area contributed by atoms with E-state index in [9.17, 15) is 10.1 Å². The summed E-state index contributed by atoms with van der Waals surface area (Å²) in [6, 6.07) is 7.62. The number of benzene rings is 1. The third-order valence-electron chi connectivity index (χ3n) is 4.35. The minimum absolute atomic E-state index is 0.159. The summed E-state index contributed by atoms with van der Waals surface area (Å²) in [6.07, 6.45) is -0.195. The summed E-state index contributed by atoms with van der Waals surface area (Å²) < 4.78 is 6.41. The Kier molecular flexibility index (Phi) is 5.96. The number of rotatable bonds is 2. The summed E-state index contributed by atoms with van der Waals surface area (Å²) in [7, 11) is 0. The largest absolute Gasteiger partial charge is 0.444 e. The van der Waals surface area contributed by atoms with E-state index in [4.69, 9.17) is 16.3 Å². The molecule has 0 bridgehead atoms. The number of anilines is 1. The second-order valence-corrected chi connectivity index (χ2v) is 8.87. The number of hydrogen-bond donors (Lipinski definition) is 0. The van der Waals surface area contributed by atoms with Gasteiger partial charge in [0.25, 0.3) is 0 Å². The van der Waals surface area contributed by atoms with Gasteiger partial charge in [0, 0.05) is 29.5 Å². The predicted molar refractivity (Wildman–Crippen MR) is 111 cm³/mol. The maximum absolute atomic E-state index is 12.6. The van der Waals surface area contributed by atoms with E-state index in [-0.39, 0.29) is 17.7 Å². The smallest absolute Gasteiger partial charge is 0.410 e. The first kappa shape index (κ1) is 20.6. The maximum Gasteiger partial charge on any atom is 0.410 e. The fraction of sp³-hybridized carbons (Fsp3) is 0.474. The highest BCUT2D eigenvalue weighted by atomic mass is 79.9. The van der Waals surface area contributed by atoms with Crippen molar-refractivity contribution in [3.63, 3.8) is 0 Å². The molecule has 1 aromatic heterocycles. The third kappa shape index (κ3) is 4.65. The molecule has 1 aromatic carbocycles. The van der Waals surface area contributed by atoms with Crippen molar-refractivity contribution in [1.29, 1.82) is 5.26 Å². The number of fused-ring (bicyclic) bond motifs is 1. The Labute approximate surface area is 177 Å². The molecular weight excluding hydrogens is 446 g/mol. The van der Waals surface area contributed by atoms with Crippen molar-refractivity contribution in [2.45, 2.75) is 38.8 Å². The molecule has 1 aliphatic rings. The number of aromatic nitrogens is 2. The average Bonchev–Trinajstić information content (AvgIpc) is 2.59. The number of piperazine rings is 1. The molecular formula is C19H21BrClN5O2. The number of carbonyl (C=O) groups excluding carboxylic acids is 1. The van der Waals surface area contributed by atoms with E-state index >= 15 is 0 Å². The monoisotopic (exact) mass is 465 g/mol. The zero-order valence-corrected chi connectivity index (χ0v) is 18.3. The van der Waals surface area contributed by atoms with Crippen LogP contribution in [0.5, 0.6) is 0 Å². The summed E-state index contributed by atoms with van der Waals surface area (Å²) >= 11 is 9.59. The molecule has 1 amide bonds. The molecule has 1 unspecified atom stereocenters. The van der Waals surface area contributed by atoms with E-state index in [1.54, 1.807) is 4.90 Å². The number of carbonyl (C=O) groups is 1. The molecule has 0 N–H and O–H groups in total. The van der Waals surface area contributed by atoms with E-state index in [2.05, 4.69) is 32.0 Å². The zero-order chi connectivity index (χ0) is 20.5. The van der Waals surface area contributed by atoms with Gasteiger partial charge in [-0.2, -0.15) is 10.2 Å². The van der Waals surface area contributed by atoms with E-state index in [0.29, 0.717) is 25.5 Å². The standard InChI is InChI=1S/C19H21BrClN5O2/c1-19(2,3)28-18(27)26-9-8-25(11-13(26)6-7-22)16-14-5-4-12(20)10-15(14)23-17(21)24-16/h4-5,10,13H,6,8-9,11H2,1-3H3. The van der Waals surface area contributed by atoms with Gasteiger partial charge >= 0.3 is 6.09 Å². The van der Waals surface area contributed by atoms with Crippen LogP contribution in [0.2, 0.25) is 5.28 Å². The lowest BCUT2D eigenvalue weighted by Crippen LogP contribution is -2.56. The molecule has 1 atom stereocenters. The molecule has 9 heteroatoms. The molecule has 0 spiro atoms. The van der Waals surface area contributed by atoms with Crippen LogP contribution in [-0.2, 0) is 4.74 Å². The normalized spacial score (nSPS) is 17.5. The van der Waals surface area contributed by atoms with Crippen LogP contribution in [-0.4, -0.2) is 52.2 Å². The summed E-state index contributed by atoms with van der Waals surface area (Å²) in [5, 5.41) is 10.3. The van der Waals surface area contributed by atoms with Crippen molar-refractivity contribution in [2.24, 2.45) is 0 Å². The quantitative estimate of drug-likeness (QED) is 0.611. The Morgan fingerprint density at radius 1 is 1.39 bits per heavy atom. The fourth-order valence-corrected chi connectivity index (χ4v) is 3.71. The topological polar surface area (TPSA) is 82.3 Å². The molecule has 2 aromatic rings. The molecule has 1 aliphatic heterocycles. The van der Waals surface area contributed by atoms with Gasteiger partial charge in [0.05, 0.1) is 24.0 Å². The van der Waals surface area contributed by atoms with Gasteiger partial charge in [-0.1, -0.05) is 15.9 Å². The zero-order valence-electron chi connectivity index (χ0n) is 15.9. The molecule has 0 radical (unpaired) electrons. The summed E-state index contributed by atoms with van der Waals surface area (Å²) in [6.45, 7) is 6.93. The second-order valence-electron chi connectivity index (χ2n) is 7.61. The van der Waals surface area contributed by atoms with Crippen LogP contribution in [0.1, 0.15) is 27.2 Å². The minimum Gasteiger partial charge on any atom is -0.444 e. The molecule has 7 nitrogen and oxygen atoms in total. The van der Waals surface area contributed by atoms with Gasteiger partial charge in [0.15, 0.2) is 0 Å². The van der Waals surface area contributed by atoms with Crippen molar-refractivity contribution in [2.75, 3.05) is 24.5 Å². The molecule has 28 heavy (non-hydrogen) atoms. The van der Waals surface area contributed by atoms with E-state index < -0.39 is 11.7 Å². The molecule has 1 fully saturated rings. The highest BCUT2D eigenvalue weighted by molar-refractivity contribution is 9.10.